The fourth-order valence-electron chi connectivity index (χ4n) is 2.31. The molecule has 0 radical (unpaired) electrons. The Morgan fingerprint density at radius 3 is 1.93 bits per heavy atom. The summed E-state index contributed by atoms with van der Waals surface area (Å²) in [4.78, 5) is 9.96. The van der Waals surface area contributed by atoms with Crippen molar-refractivity contribution in [3.05, 3.63) is 82.9 Å². The van der Waals surface area contributed by atoms with E-state index in [0.717, 1.165) is 0 Å². The molecular weight excluding hydrogens is 412 g/mol. The highest BCUT2D eigenvalue weighted by Crippen LogP contribution is 2.23. The van der Waals surface area contributed by atoms with Gasteiger partial charge in [-0.15, -0.1) is 0 Å². The third kappa shape index (κ3) is 5.83. The van der Waals surface area contributed by atoms with E-state index in [4.69, 9.17) is 9.29 Å². The topological polar surface area (TPSA) is 143 Å². The fraction of sp³-hybridized carbons (Fsp3) is 0.0526. The van der Waals surface area contributed by atoms with Gasteiger partial charge in [-0.2, -0.15) is 18.6 Å². The van der Waals surface area contributed by atoms with E-state index >= 15 is 0 Å². The van der Waals surface area contributed by atoms with Crippen molar-refractivity contribution >= 4 is 32.9 Å². The molecule has 10 nitrogen and oxygen atoms in total. The molecule has 0 saturated heterocycles. The van der Waals surface area contributed by atoms with E-state index in [1.165, 1.54) is 48.5 Å². The van der Waals surface area contributed by atoms with Crippen molar-refractivity contribution < 1.29 is 22.6 Å². The van der Waals surface area contributed by atoms with Crippen LogP contribution in [0.1, 0.15) is 0 Å². The van der Waals surface area contributed by atoms with Crippen LogP contribution >= 0.6 is 0 Å². The van der Waals surface area contributed by atoms with Crippen LogP contribution < -0.4 is 10.1 Å². The largest absolute Gasteiger partial charge is 0.473 e. The predicted octanol–water partition coefficient (Wildman–Crippen LogP) is 4.71. The van der Waals surface area contributed by atoms with Gasteiger partial charge in [0.25, 0.3) is 15.8 Å². The van der Waals surface area contributed by atoms with Crippen molar-refractivity contribution in [2.75, 3.05) is 12.0 Å². The summed E-state index contributed by atoms with van der Waals surface area (Å²) in [5.41, 5.74) is 1.67. The fourth-order valence-corrected chi connectivity index (χ4v) is 2.79. The van der Waals surface area contributed by atoms with Crippen LogP contribution in [0, 0.1) is 10.1 Å². The summed E-state index contributed by atoms with van der Waals surface area (Å²) in [5, 5.41) is 21.7. The van der Waals surface area contributed by atoms with Gasteiger partial charge in [0, 0.05) is 17.8 Å². The summed E-state index contributed by atoms with van der Waals surface area (Å²) < 4.78 is 36.5. The van der Waals surface area contributed by atoms with Crippen molar-refractivity contribution in [1.29, 1.82) is 0 Å². The monoisotopic (exact) mass is 428 g/mol. The molecule has 0 bridgehead atoms. The molecule has 3 rings (SSSR count). The Labute approximate surface area is 171 Å². The number of anilines is 1. The number of hydrogen-bond acceptors (Lipinski definition) is 8. The Hall–Kier alpha value is -3.83. The van der Waals surface area contributed by atoms with E-state index in [-0.39, 0.29) is 17.3 Å². The Kier molecular flexibility index (Phi) is 6.35. The zero-order valence-electron chi connectivity index (χ0n) is 15.4. The van der Waals surface area contributed by atoms with Crippen LogP contribution in [0.15, 0.2) is 87.9 Å². The minimum absolute atomic E-state index is 0.0153. The Morgan fingerprint density at radius 1 is 0.900 bits per heavy atom. The van der Waals surface area contributed by atoms with Crippen LogP contribution in [-0.4, -0.2) is 24.6 Å². The lowest BCUT2D eigenvalue weighted by Gasteiger charge is -2.09. The number of rotatable bonds is 8. The summed E-state index contributed by atoms with van der Waals surface area (Å²) in [6.45, 7) is 0.134. The Balaban J connectivity index is 1.51. The SMILES string of the molecule is O=[N+]([O-])c1ccc(N=Nc2ccc(OCNc3ccc(S(=O)(=O)O)cc3)cc2)cc1. The number of non-ortho nitro benzene ring substituents is 1. The number of nitro groups is 1. The van der Waals surface area contributed by atoms with Gasteiger partial charge >= 0.3 is 0 Å². The molecule has 0 amide bonds. The molecule has 0 aliphatic carbocycles. The van der Waals surface area contributed by atoms with Gasteiger partial charge in [0.15, 0.2) is 6.73 Å². The van der Waals surface area contributed by atoms with E-state index in [0.29, 0.717) is 22.8 Å². The van der Waals surface area contributed by atoms with Gasteiger partial charge in [-0.3, -0.25) is 14.7 Å². The summed E-state index contributed by atoms with van der Waals surface area (Å²) >= 11 is 0. The molecule has 0 atom stereocenters. The summed E-state index contributed by atoms with van der Waals surface area (Å²) in [6, 6.07) is 18.1. The zero-order valence-corrected chi connectivity index (χ0v) is 16.2. The first-order valence-electron chi connectivity index (χ1n) is 8.52. The number of benzene rings is 3. The zero-order chi connectivity index (χ0) is 21.6. The summed E-state index contributed by atoms with van der Waals surface area (Å²) in [6.07, 6.45) is 0. The van der Waals surface area contributed by atoms with Crippen molar-refractivity contribution in [2.24, 2.45) is 10.2 Å². The third-order valence-corrected chi connectivity index (χ3v) is 4.71. The molecule has 154 valence electrons. The second kappa shape index (κ2) is 9.11. The molecule has 0 heterocycles. The lowest BCUT2D eigenvalue weighted by atomic mass is 10.3. The maximum absolute atomic E-state index is 11.0. The molecule has 30 heavy (non-hydrogen) atoms. The van der Waals surface area contributed by atoms with Gasteiger partial charge in [-0.25, -0.2) is 0 Å². The van der Waals surface area contributed by atoms with Crippen LogP contribution in [0.2, 0.25) is 0 Å². The average Bonchev–Trinajstić information content (AvgIpc) is 2.73. The molecular formula is C19H16N4O6S. The maximum Gasteiger partial charge on any atom is 0.294 e. The van der Waals surface area contributed by atoms with E-state index in [1.54, 1.807) is 24.3 Å². The van der Waals surface area contributed by atoms with Crippen LogP contribution in [0.5, 0.6) is 5.75 Å². The Morgan fingerprint density at radius 2 is 1.43 bits per heavy atom. The molecule has 0 aliphatic heterocycles. The maximum atomic E-state index is 11.0. The van der Waals surface area contributed by atoms with Crippen molar-refractivity contribution in [2.45, 2.75) is 4.90 Å². The summed E-state index contributed by atoms with van der Waals surface area (Å²) in [7, 11) is -4.22. The molecule has 11 heteroatoms. The first kappa shape index (κ1) is 20.9. The van der Waals surface area contributed by atoms with E-state index in [2.05, 4.69) is 15.5 Å². The lowest BCUT2D eigenvalue weighted by Crippen LogP contribution is -2.08. The molecule has 0 unspecified atom stereocenters. The smallest absolute Gasteiger partial charge is 0.294 e. The van der Waals surface area contributed by atoms with Gasteiger partial charge in [0.2, 0.25) is 0 Å². The highest BCUT2D eigenvalue weighted by atomic mass is 32.2. The molecule has 0 saturated carbocycles. The average molecular weight is 428 g/mol. The standard InChI is InChI=1S/C19H16N4O6S/c24-23(25)17-7-1-15(2-8-17)21-22-16-3-9-18(10-4-16)29-13-20-14-5-11-19(12-6-14)30(26,27)28/h1-12,20H,13H2,(H,26,27,28). The van der Waals surface area contributed by atoms with Crippen molar-refractivity contribution in [3.8, 4) is 5.75 Å². The van der Waals surface area contributed by atoms with Crippen molar-refractivity contribution in [1.82, 2.24) is 0 Å². The first-order valence-corrected chi connectivity index (χ1v) is 9.96. The third-order valence-electron chi connectivity index (χ3n) is 3.85. The molecule has 0 aromatic heterocycles. The van der Waals surface area contributed by atoms with Crippen LogP contribution in [0.25, 0.3) is 0 Å². The van der Waals surface area contributed by atoms with Crippen LogP contribution in [-0.2, 0) is 10.1 Å². The minimum atomic E-state index is -4.22. The predicted molar refractivity (Wildman–Crippen MR) is 109 cm³/mol. The summed E-state index contributed by atoms with van der Waals surface area (Å²) in [5.74, 6) is 0.575. The number of azo groups is 1. The molecule has 0 spiro atoms. The van der Waals surface area contributed by atoms with Crippen LogP contribution in [0.4, 0.5) is 22.7 Å². The number of ether oxygens (including phenoxy) is 1. The highest BCUT2D eigenvalue weighted by Gasteiger charge is 2.08. The van der Waals surface area contributed by atoms with Gasteiger partial charge in [-0.05, 0) is 60.7 Å². The number of nitro benzene ring substituents is 1. The molecule has 0 fully saturated rings. The van der Waals surface area contributed by atoms with Gasteiger partial charge in [0.1, 0.15) is 5.75 Å². The quantitative estimate of drug-likeness (QED) is 0.174. The van der Waals surface area contributed by atoms with E-state index < -0.39 is 15.0 Å². The molecule has 3 aromatic carbocycles. The van der Waals surface area contributed by atoms with E-state index in [1.807, 2.05) is 0 Å². The first-order chi connectivity index (χ1) is 14.3. The van der Waals surface area contributed by atoms with Gasteiger partial charge < -0.3 is 10.1 Å². The lowest BCUT2D eigenvalue weighted by molar-refractivity contribution is -0.384. The minimum Gasteiger partial charge on any atom is -0.473 e. The highest BCUT2D eigenvalue weighted by molar-refractivity contribution is 7.85. The molecule has 3 aromatic rings. The second-order valence-corrected chi connectivity index (χ2v) is 7.35. The Bertz CT molecular complexity index is 1150. The number of nitrogens with one attached hydrogen (secondary N) is 1. The number of hydrogen-bond donors (Lipinski definition) is 2. The van der Waals surface area contributed by atoms with Crippen LogP contribution in [0.3, 0.4) is 0 Å². The van der Waals surface area contributed by atoms with E-state index in [9.17, 15) is 18.5 Å². The normalized spacial score (nSPS) is 11.4. The van der Waals surface area contributed by atoms with Gasteiger partial charge in [0.05, 0.1) is 21.2 Å². The van der Waals surface area contributed by atoms with Crippen molar-refractivity contribution in [3.63, 3.8) is 0 Å². The molecule has 2 N–H and O–H groups in total. The molecule has 0 aliphatic rings. The number of nitrogens with zero attached hydrogens (tertiary/aromatic N) is 3. The second-order valence-electron chi connectivity index (χ2n) is 5.93. The van der Waals surface area contributed by atoms with Gasteiger partial charge in [-0.1, -0.05) is 0 Å².